The molecule has 0 aromatic carbocycles. The lowest BCUT2D eigenvalue weighted by molar-refractivity contribution is 0.000240. The Kier molecular flexibility index (Phi) is 7.66. The van der Waals surface area contributed by atoms with Crippen molar-refractivity contribution in [3.63, 3.8) is 0 Å². The van der Waals surface area contributed by atoms with E-state index in [0.29, 0.717) is 19.1 Å². The molecule has 0 spiro atoms. The molecule has 1 atom stereocenters. The van der Waals surface area contributed by atoms with Crippen LogP contribution in [-0.2, 0) is 9.47 Å². The number of ether oxygens (including phenoxy) is 2. The van der Waals surface area contributed by atoms with Gasteiger partial charge < -0.3 is 9.47 Å². The molecule has 0 saturated carbocycles. The zero-order chi connectivity index (χ0) is 11.9. The van der Waals surface area contributed by atoms with Crippen molar-refractivity contribution in [3.05, 3.63) is 0 Å². The lowest BCUT2D eigenvalue weighted by Gasteiger charge is -2.29. The van der Waals surface area contributed by atoms with E-state index in [1.54, 1.807) is 0 Å². The van der Waals surface area contributed by atoms with Gasteiger partial charge in [-0.1, -0.05) is 20.8 Å². The van der Waals surface area contributed by atoms with Crippen LogP contribution in [0.15, 0.2) is 0 Å². The number of hydrogen-bond donors (Lipinski definition) is 1. The molecule has 0 aliphatic carbocycles. The Morgan fingerprint density at radius 1 is 1.13 bits per heavy atom. The highest BCUT2D eigenvalue weighted by Gasteiger charge is 2.23. The van der Waals surface area contributed by atoms with Crippen LogP contribution in [-0.4, -0.2) is 31.7 Å². The SMILES string of the molecule is CC(C)OCCOCC(CS)C(C)(C)C. The molecule has 0 rings (SSSR count). The standard InChI is InChI=1S/C12H26O2S/c1-10(2)14-7-6-13-8-11(9-15)12(3,4)5/h10-11,15H,6-9H2,1-5H3. The van der Waals surface area contributed by atoms with Gasteiger partial charge in [0.25, 0.3) is 0 Å². The van der Waals surface area contributed by atoms with Crippen LogP contribution in [0.5, 0.6) is 0 Å². The van der Waals surface area contributed by atoms with Gasteiger partial charge in [0.15, 0.2) is 0 Å². The largest absolute Gasteiger partial charge is 0.379 e. The zero-order valence-electron chi connectivity index (χ0n) is 10.7. The van der Waals surface area contributed by atoms with Crippen molar-refractivity contribution in [1.29, 1.82) is 0 Å². The first-order valence-corrected chi connectivity index (χ1v) is 6.31. The smallest absolute Gasteiger partial charge is 0.0703 e. The lowest BCUT2D eigenvalue weighted by Crippen LogP contribution is -2.27. The molecule has 0 amide bonds. The number of rotatable bonds is 7. The molecule has 0 aromatic rings. The van der Waals surface area contributed by atoms with E-state index < -0.39 is 0 Å². The molecular weight excluding hydrogens is 208 g/mol. The third kappa shape index (κ3) is 8.12. The molecule has 0 bridgehead atoms. The molecule has 0 N–H and O–H groups in total. The minimum Gasteiger partial charge on any atom is -0.379 e. The van der Waals surface area contributed by atoms with Crippen LogP contribution in [0, 0.1) is 11.3 Å². The fraction of sp³-hybridized carbons (Fsp3) is 1.00. The summed E-state index contributed by atoms with van der Waals surface area (Å²) in [6.45, 7) is 12.9. The minimum atomic E-state index is 0.265. The predicted molar refractivity (Wildman–Crippen MR) is 68.7 cm³/mol. The van der Waals surface area contributed by atoms with Gasteiger partial charge in [0.2, 0.25) is 0 Å². The van der Waals surface area contributed by atoms with Crippen LogP contribution in [0.1, 0.15) is 34.6 Å². The fourth-order valence-corrected chi connectivity index (χ4v) is 1.80. The van der Waals surface area contributed by atoms with Crippen LogP contribution in [0.4, 0.5) is 0 Å². The molecule has 0 aliphatic rings. The van der Waals surface area contributed by atoms with Crippen LogP contribution in [0.2, 0.25) is 0 Å². The second kappa shape index (κ2) is 7.53. The van der Waals surface area contributed by atoms with Gasteiger partial charge in [-0.2, -0.15) is 12.6 Å². The third-order valence-corrected chi connectivity index (χ3v) is 2.88. The summed E-state index contributed by atoms with van der Waals surface area (Å²) in [5, 5.41) is 0. The summed E-state index contributed by atoms with van der Waals surface area (Å²) < 4.78 is 11.0. The van der Waals surface area contributed by atoms with Gasteiger partial charge in [-0.15, -0.1) is 0 Å². The lowest BCUT2D eigenvalue weighted by atomic mass is 9.82. The molecule has 3 heteroatoms. The van der Waals surface area contributed by atoms with Gasteiger partial charge in [0, 0.05) is 0 Å². The maximum absolute atomic E-state index is 5.59. The Morgan fingerprint density at radius 3 is 2.13 bits per heavy atom. The summed E-state index contributed by atoms with van der Waals surface area (Å²) in [5.41, 5.74) is 0.265. The molecule has 0 aromatic heterocycles. The van der Waals surface area contributed by atoms with E-state index in [0.717, 1.165) is 12.4 Å². The monoisotopic (exact) mass is 234 g/mol. The maximum atomic E-state index is 5.59. The van der Waals surface area contributed by atoms with Crippen molar-refractivity contribution in [2.45, 2.75) is 40.7 Å². The number of hydrogen-bond acceptors (Lipinski definition) is 3. The average molecular weight is 234 g/mol. The highest BCUT2D eigenvalue weighted by atomic mass is 32.1. The third-order valence-electron chi connectivity index (χ3n) is 2.44. The quantitative estimate of drug-likeness (QED) is 0.539. The molecule has 2 nitrogen and oxygen atoms in total. The summed E-state index contributed by atoms with van der Waals surface area (Å²) in [6.07, 6.45) is 0.289. The zero-order valence-corrected chi connectivity index (χ0v) is 11.6. The van der Waals surface area contributed by atoms with Crippen LogP contribution >= 0.6 is 12.6 Å². The van der Waals surface area contributed by atoms with Gasteiger partial charge >= 0.3 is 0 Å². The van der Waals surface area contributed by atoms with Crippen molar-refractivity contribution in [3.8, 4) is 0 Å². The minimum absolute atomic E-state index is 0.265. The Morgan fingerprint density at radius 2 is 1.73 bits per heavy atom. The van der Waals surface area contributed by atoms with Crippen LogP contribution in [0.3, 0.4) is 0 Å². The van der Waals surface area contributed by atoms with E-state index in [2.05, 4.69) is 33.4 Å². The summed E-state index contributed by atoms with van der Waals surface area (Å²) >= 11 is 4.36. The summed E-state index contributed by atoms with van der Waals surface area (Å²) in [6, 6.07) is 0. The first-order valence-electron chi connectivity index (χ1n) is 5.68. The van der Waals surface area contributed by atoms with Gasteiger partial charge in [-0.25, -0.2) is 0 Å². The first kappa shape index (κ1) is 15.3. The molecule has 1 unspecified atom stereocenters. The van der Waals surface area contributed by atoms with Crippen molar-refractivity contribution < 1.29 is 9.47 Å². The Balaban J connectivity index is 3.56. The van der Waals surface area contributed by atoms with Crippen molar-refractivity contribution >= 4 is 12.6 Å². The summed E-state index contributed by atoms with van der Waals surface area (Å²) in [4.78, 5) is 0. The molecule has 0 fully saturated rings. The maximum Gasteiger partial charge on any atom is 0.0703 e. The summed E-state index contributed by atoms with van der Waals surface area (Å²) in [7, 11) is 0. The van der Waals surface area contributed by atoms with Crippen LogP contribution in [0.25, 0.3) is 0 Å². The first-order chi connectivity index (χ1) is 6.88. The second-order valence-electron chi connectivity index (χ2n) is 5.24. The van der Waals surface area contributed by atoms with Crippen molar-refractivity contribution in [1.82, 2.24) is 0 Å². The predicted octanol–water partition coefficient (Wildman–Crippen LogP) is 3.02. The second-order valence-corrected chi connectivity index (χ2v) is 5.61. The van der Waals surface area contributed by atoms with Crippen molar-refractivity contribution in [2.75, 3.05) is 25.6 Å². The van der Waals surface area contributed by atoms with E-state index in [9.17, 15) is 0 Å². The molecule has 0 saturated heterocycles. The highest BCUT2D eigenvalue weighted by Crippen LogP contribution is 2.26. The Labute approximate surface area is 100 Å². The van der Waals surface area contributed by atoms with Crippen molar-refractivity contribution in [2.24, 2.45) is 11.3 Å². The van der Waals surface area contributed by atoms with E-state index >= 15 is 0 Å². The van der Waals surface area contributed by atoms with E-state index in [-0.39, 0.29) is 11.5 Å². The van der Waals surface area contributed by atoms with Gasteiger partial charge in [-0.3, -0.25) is 0 Å². The van der Waals surface area contributed by atoms with E-state index in [1.807, 2.05) is 13.8 Å². The van der Waals surface area contributed by atoms with Gasteiger partial charge in [0.05, 0.1) is 25.9 Å². The molecule has 92 valence electrons. The fourth-order valence-electron chi connectivity index (χ4n) is 1.14. The van der Waals surface area contributed by atoms with Gasteiger partial charge in [0.1, 0.15) is 0 Å². The van der Waals surface area contributed by atoms with Gasteiger partial charge in [-0.05, 0) is 30.9 Å². The molecule has 15 heavy (non-hydrogen) atoms. The molecular formula is C12H26O2S. The molecule has 0 aliphatic heterocycles. The Bertz CT molecular complexity index is 152. The molecule has 0 heterocycles. The van der Waals surface area contributed by atoms with E-state index in [1.165, 1.54) is 0 Å². The highest BCUT2D eigenvalue weighted by molar-refractivity contribution is 7.80. The Hall–Kier alpha value is 0.270. The van der Waals surface area contributed by atoms with Crippen LogP contribution < -0.4 is 0 Å². The normalized spacial score (nSPS) is 14.6. The summed E-state index contributed by atoms with van der Waals surface area (Å²) in [5.74, 6) is 1.37. The van der Waals surface area contributed by atoms with E-state index in [4.69, 9.17) is 9.47 Å². The average Bonchev–Trinajstić information content (AvgIpc) is 2.08. The number of thiol groups is 1. The topological polar surface area (TPSA) is 18.5 Å². The molecule has 0 radical (unpaired) electrons.